The third-order valence-corrected chi connectivity index (χ3v) is 6.42. The number of hydrogen-bond donors (Lipinski definition) is 1. The van der Waals surface area contributed by atoms with Gasteiger partial charge in [-0.1, -0.05) is 31.9 Å². The first-order valence-corrected chi connectivity index (χ1v) is 10.5. The lowest BCUT2D eigenvalue weighted by Gasteiger charge is -2.19. The van der Waals surface area contributed by atoms with E-state index in [2.05, 4.69) is 5.32 Å². The van der Waals surface area contributed by atoms with Gasteiger partial charge in [0.1, 0.15) is 0 Å². The second-order valence-electron chi connectivity index (χ2n) is 6.54. The molecule has 1 aromatic carbocycles. The van der Waals surface area contributed by atoms with Crippen molar-refractivity contribution in [2.45, 2.75) is 56.9 Å². The summed E-state index contributed by atoms with van der Waals surface area (Å²) in [7, 11) is -3.42. The van der Waals surface area contributed by atoms with Gasteiger partial charge in [-0.2, -0.15) is 4.31 Å². The van der Waals surface area contributed by atoms with Crippen LogP contribution in [0.3, 0.4) is 0 Å². The number of carbonyl (C=O) groups is 1. The monoisotopic (exact) mass is 364 g/mol. The Bertz CT molecular complexity index is 688. The topological polar surface area (TPSA) is 66.5 Å². The smallest absolute Gasteiger partial charge is 0.244 e. The summed E-state index contributed by atoms with van der Waals surface area (Å²) in [5.74, 6) is -0.143. The molecule has 0 spiro atoms. The summed E-state index contributed by atoms with van der Waals surface area (Å²) in [4.78, 5) is 12.1. The fourth-order valence-corrected chi connectivity index (χ4v) is 4.26. The molecule has 1 heterocycles. The molecule has 1 aromatic rings. The van der Waals surface area contributed by atoms with Crippen LogP contribution in [0.15, 0.2) is 35.2 Å². The van der Waals surface area contributed by atoms with Crippen molar-refractivity contribution in [3.63, 3.8) is 0 Å². The second-order valence-corrected chi connectivity index (χ2v) is 8.48. The summed E-state index contributed by atoms with van der Waals surface area (Å²) in [6, 6.07) is 6.84. The number of rotatable bonds is 6. The highest BCUT2D eigenvalue weighted by molar-refractivity contribution is 7.89. The van der Waals surface area contributed by atoms with Gasteiger partial charge in [0.2, 0.25) is 15.9 Å². The maximum Gasteiger partial charge on any atom is 0.244 e. The molecule has 1 aliphatic heterocycles. The highest BCUT2D eigenvalue weighted by Crippen LogP contribution is 2.20. The molecule has 138 valence electrons. The Morgan fingerprint density at radius 2 is 1.76 bits per heavy atom. The first kappa shape index (κ1) is 19.7. The maximum atomic E-state index is 12.7. The lowest BCUT2D eigenvalue weighted by Crippen LogP contribution is -2.31. The molecular weight excluding hydrogens is 336 g/mol. The molecule has 0 aliphatic carbocycles. The van der Waals surface area contributed by atoms with Gasteiger partial charge in [0.05, 0.1) is 4.90 Å². The zero-order valence-corrected chi connectivity index (χ0v) is 15.9. The Kier molecular flexibility index (Phi) is 7.20. The number of hydrogen-bond acceptors (Lipinski definition) is 3. The molecule has 2 rings (SSSR count). The molecule has 6 heteroatoms. The number of nitrogens with one attached hydrogen (secondary N) is 1. The molecule has 0 aromatic heterocycles. The zero-order valence-electron chi connectivity index (χ0n) is 15.1. The molecule has 1 fully saturated rings. The first-order chi connectivity index (χ1) is 11.9. The van der Waals surface area contributed by atoms with Crippen LogP contribution in [0.25, 0.3) is 6.08 Å². The van der Waals surface area contributed by atoms with Crippen LogP contribution in [0.1, 0.15) is 51.5 Å². The Labute approximate surface area is 151 Å². The number of carbonyl (C=O) groups excluding carboxylic acids is 1. The highest BCUT2D eigenvalue weighted by atomic mass is 32.2. The molecule has 1 atom stereocenters. The van der Waals surface area contributed by atoms with Crippen molar-refractivity contribution in [1.82, 2.24) is 9.62 Å². The number of benzene rings is 1. The molecule has 0 saturated carbocycles. The van der Waals surface area contributed by atoms with Crippen molar-refractivity contribution in [2.75, 3.05) is 13.1 Å². The molecule has 0 bridgehead atoms. The van der Waals surface area contributed by atoms with Gasteiger partial charge in [-0.25, -0.2) is 8.42 Å². The van der Waals surface area contributed by atoms with Crippen LogP contribution in [-0.2, 0) is 14.8 Å². The minimum Gasteiger partial charge on any atom is -0.350 e. The van der Waals surface area contributed by atoms with Crippen LogP contribution < -0.4 is 5.32 Å². The number of amides is 1. The third kappa shape index (κ3) is 5.68. The third-order valence-electron chi connectivity index (χ3n) is 4.51. The van der Waals surface area contributed by atoms with Crippen LogP contribution >= 0.6 is 0 Å². The summed E-state index contributed by atoms with van der Waals surface area (Å²) in [6.45, 7) is 5.16. The standard InChI is InChI=1S/C19H28N2O3S/c1-3-16(2)20-19(22)13-10-17-8-11-18(12-9-17)25(23,24)21-14-6-4-5-7-15-21/h8-13,16H,3-7,14-15H2,1-2H3,(H,20,22)/b13-10+. The maximum absolute atomic E-state index is 12.7. The molecule has 25 heavy (non-hydrogen) atoms. The Balaban J connectivity index is 2.04. The molecule has 1 amide bonds. The van der Waals surface area contributed by atoms with Gasteiger partial charge in [0.15, 0.2) is 0 Å². The zero-order chi connectivity index (χ0) is 18.3. The highest BCUT2D eigenvalue weighted by Gasteiger charge is 2.24. The molecule has 1 saturated heterocycles. The van der Waals surface area contributed by atoms with Crippen molar-refractivity contribution in [3.05, 3.63) is 35.9 Å². The van der Waals surface area contributed by atoms with Crippen molar-refractivity contribution in [3.8, 4) is 0 Å². The van der Waals surface area contributed by atoms with Crippen LogP contribution in [0, 0.1) is 0 Å². The molecule has 1 unspecified atom stereocenters. The largest absolute Gasteiger partial charge is 0.350 e. The predicted molar refractivity (Wildman–Crippen MR) is 101 cm³/mol. The lowest BCUT2D eigenvalue weighted by atomic mass is 10.2. The normalized spacial score (nSPS) is 18.0. The first-order valence-electron chi connectivity index (χ1n) is 9.02. The van der Waals surface area contributed by atoms with E-state index in [1.54, 1.807) is 34.6 Å². The summed E-state index contributed by atoms with van der Waals surface area (Å²) in [5.41, 5.74) is 0.800. The second kappa shape index (κ2) is 9.15. The summed E-state index contributed by atoms with van der Waals surface area (Å²) >= 11 is 0. The molecular formula is C19H28N2O3S. The van der Waals surface area contributed by atoms with E-state index in [1.807, 2.05) is 13.8 Å². The predicted octanol–water partition coefficient (Wildman–Crippen LogP) is 3.18. The van der Waals surface area contributed by atoms with E-state index in [0.717, 1.165) is 37.7 Å². The average molecular weight is 365 g/mol. The van der Waals surface area contributed by atoms with Gasteiger partial charge in [-0.05, 0) is 50.0 Å². The van der Waals surface area contributed by atoms with Gasteiger partial charge in [0.25, 0.3) is 0 Å². The van der Waals surface area contributed by atoms with E-state index in [4.69, 9.17) is 0 Å². The lowest BCUT2D eigenvalue weighted by molar-refractivity contribution is -0.117. The molecule has 0 radical (unpaired) electrons. The van der Waals surface area contributed by atoms with Crippen molar-refractivity contribution >= 4 is 22.0 Å². The summed E-state index contributed by atoms with van der Waals surface area (Å²) < 4.78 is 27.0. The molecule has 1 N–H and O–H groups in total. The fraction of sp³-hybridized carbons (Fsp3) is 0.526. The quantitative estimate of drug-likeness (QED) is 0.789. The Morgan fingerprint density at radius 3 is 2.32 bits per heavy atom. The summed E-state index contributed by atoms with van der Waals surface area (Å²) in [5, 5.41) is 2.86. The van der Waals surface area contributed by atoms with Crippen LogP contribution in [0.5, 0.6) is 0 Å². The molecule has 5 nitrogen and oxygen atoms in total. The van der Waals surface area contributed by atoms with Crippen molar-refractivity contribution in [2.24, 2.45) is 0 Å². The molecule has 1 aliphatic rings. The van der Waals surface area contributed by atoms with E-state index >= 15 is 0 Å². The van der Waals surface area contributed by atoms with Gasteiger partial charge in [0, 0.05) is 25.2 Å². The summed E-state index contributed by atoms with van der Waals surface area (Å²) in [6.07, 6.45) is 8.08. The minimum atomic E-state index is -3.42. The van der Waals surface area contributed by atoms with Gasteiger partial charge >= 0.3 is 0 Å². The van der Waals surface area contributed by atoms with Crippen molar-refractivity contribution < 1.29 is 13.2 Å². The van der Waals surface area contributed by atoms with E-state index in [9.17, 15) is 13.2 Å². The van der Waals surface area contributed by atoms with E-state index in [0.29, 0.717) is 18.0 Å². The number of nitrogens with zero attached hydrogens (tertiary/aromatic N) is 1. The van der Waals surface area contributed by atoms with Crippen LogP contribution in [0.2, 0.25) is 0 Å². The number of sulfonamides is 1. The van der Waals surface area contributed by atoms with Gasteiger partial charge in [-0.3, -0.25) is 4.79 Å². The fourth-order valence-electron chi connectivity index (χ4n) is 2.75. The van der Waals surface area contributed by atoms with E-state index < -0.39 is 10.0 Å². The van der Waals surface area contributed by atoms with Crippen LogP contribution in [-0.4, -0.2) is 37.8 Å². The van der Waals surface area contributed by atoms with E-state index in [1.165, 1.54) is 6.08 Å². The SMILES string of the molecule is CCC(C)NC(=O)/C=C/c1ccc(S(=O)(=O)N2CCCCCC2)cc1. The van der Waals surface area contributed by atoms with Gasteiger partial charge < -0.3 is 5.32 Å². The minimum absolute atomic E-state index is 0.137. The Hall–Kier alpha value is -1.66. The van der Waals surface area contributed by atoms with Crippen LogP contribution in [0.4, 0.5) is 0 Å². The van der Waals surface area contributed by atoms with Crippen molar-refractivity contribution in [1.29, 1.82) is 0 Å². The van der Waals surface area contributed by atoms with E-state index in [-0.39, 0.29) is 11.9 Å². The Morgan fingerprint density at radius 1 is 1.16 bits per heavy atom. The average Bonchev–Trinajstić information content (AvgIpc) is 2.90. The van der Waals surface area contributed by atoms with Gasteiger partial charge in [-0.15, -0.1) is 0 Å².